The summed E-state index contributed by atoms with van der Waals surface area (Å²) in [5, 5.41) is 10.4. The Kier molecular flexibility index (Phi) is 3.41. The van der Waals surface area contributed by atoms with Crippen molar-refractivity contribution in [1.29, 1.82) is 0 Å². The highest BCUT2D eigenvalue weighted by atomic mass is 16.3. The molecule has 3 N–H and O–H groups in total. The van der Waals surface area contributed by atoms with Crippen LogP contribution in [0.5, 0.6) is 0 Å². The number of primary amides is 1. The molecule has 1 atom stereocenters. The van der Waals surface area contributed by atoms with Crippen molar-refractivity contribution in [3.05, 3.63) is 35.4 Å². The summed E-state index contributed by atoms with van der Waals surface area (Å²) in [7, 11) is 0. The third-order valence-electron chi connectivity index (χ3n) is 4.25. The van der Waals surface area contributed by atoms with E-state index in [-0.39, 0.29) is 5.41 Å². The first kappa shape index (κ1) is 14.0. The summed E-state index contributed by atoms with van der Waals surface area (Å²) in [5.41, 5.74) is 6.09. The van der Waals surface area contributed by atoms with Crippen molar-refractivity contribution in [2.45, 2.75) is 32.9 Å². The van der Waals surface area contributed by atoms with E-state index in [0.717, 1.165) is 18.7 Å². The molecule has 0 spiro atoms. The van der Waals surface area contributed by atoms with Gasteiger partial charge in [-0.15, -0.1) is 0 Å². The van der Waals surface area contributed by atoms with Crippen LogP contribution in [-0.4, -0.2) is 34.6 Å². The first-order valence-corrected chi connectivity index (χ1v) is 6.55. The van der Waals surface area contributed by atoms with Gasteiger partial charge < -0.3 is 10.8 Å². The number of nitrogens with two attached hydrogens (primary N) is 1. The Morgan fingerprint density at radius 2 is 1.84 bits per heavy atom. The highest BCUT2D eigenvalue weighted by molar-refractivity contribution is 5.92. The van der Waals surface area contributed by atoms with Crippen LogP contribution in [0.25, 0.3) is 0 Å². The first-order chi connectivity index (χ1) is 8.71. The minimum atomic E-state index is -0.667. The second-order valence-corrected chi connectivity index (χ2v) is 6.36. The number of hydrogen-bond donors (Lipinski definition) is 2. The van der Waals surface area contributed by atoms with Crippen molar-refractivity contribution in [3.63, 3.8) is 0 Å². The van der Waals surface area contributed by atoms with Gasteiger partial charge in [-0.2, -0.15) is 0 Å². The Labute approximate surface area is 114 Å². The molecule has 2 rings (SSSR count). The summed E-state index contributed by atoms with van der Waals surface area (Å²) in [6.45, 7) is 8.36. The smallest absolute Gasteiger partial charge is 0.248 e. The van der Waals surface area contributed by atoms with Crippen molar-refractivity contribution in [2.75, 3.05) is 13.1 Å². The van der Waals surface area contributed by atoms with Gasteiger partial charge in [-0.3, -0.25) is 9.69 Å². The molecule has 0 aliphatic carbocycles. The number of nitrogens with zero attached hydrogens (tertiary/aromatic N) is 1. The quantitative estimate of drug-likeness (QED) is 0.864. The van der Waals surface area contributed by atoms with E-state index in [9.17, 15) is 9.90 Å². The average Bonchev–Trinajstić information content (AvgIpc) is 2.47. The molecule has 1 aliphatic rings. The SMILES string of the molecule is CC1(C)CN(Cc2ccc(C(N)=O)cc2)C[C@@]1(C)O. The number of β-amino-alcohol motifs (C(OH)–C–C–N with tert-alkyl or cyclic N) is 1. The Balaban J connectivity index is 2.05. The van der Waals surface area contributed by atoms with Gasteiger partial charge in [0, 0.05) is 30.6 Å². The van der Waals surface area contributed by atoms with Gasteiger partial charge >= 0.3 is 0 Å². The second-order valence-electron chi connectivity index (χ2n) is 6.36. The highest BCUT2D eigenvalue weighted by Crippen LogP contribution is 2.38. The summed E-state index contributed by atoms with van der Waals surface area (Å²) in [6.07, 6.45) is 0. The number of rotatable bonds is 3. The molecule has 1 aromatic rings. The lowest BCUT2D eigenvalue weighted by Crippen LogP contribution is -2.40. The van der Waals surface area contributed by atoms with Gasteiger partial charge in [0.2, 0.25) is 5.91 Å². The predicted octanol–water partition coefficient (Wildman–Crippen LogP) is 1.38. The summed E-state index contributed by atoms with van der Waals surface area (Å²) >= 11 is 0. The minimum Gasteiger partial charge on any atom is -0.388 e. The zero-order valence-corrected chi connectivity index (χ0v) is 11.8. The Hall–Kier alpha value is -1.39. The molecule has 4 heteroatoms. The molecular weight excluding hydrogens is 240 g/mol. The van der Waals surface area contributed by atoms with Crippen molar-refractivity contribution >= 4 is 5.91 Å². The van der Waals surface area contributed by atoms with Gasteiger partial charge in [-0.05, 0) is 24.6 Å². The van der Waals surface area contributed by atoms with E-state index < -0.39 is 11.5 Å². The fourth-order valence-electron chi connectivity index (χ4n) is 2.58. The number of amides is 1. The van der Waals surface area contributed by atoms with E-state index in [1.165, 1.54) is 0 Å². The summed E-state index contributed by atoms with van der Waals surface area (Å²) in [6, 6.07) is 7.33. The van der Waals surface area contributed by atoms with Gasteiger partial charge in [-0.25, -0.2) is 0 Å². The number of likely N-dealkylation sites (tertiary alicyclic amines) is 1. The molecule has 1 fully saturated rings. The molecule has 1 aromatic carbocycles. The third-order valence-corrected chi connectivity index (χ3v) is 4.25. The van der Waals surface area contributed by atoms with E-state index in [0.29, 0.717) is 12.1 Å². The van der Waals surface area contributed by atoms with Gasteiger partial charge in [-0.1, -0.05) is 26.0 Å². The van der Waals surface area contributed by atoms with Gasteiger partial charge in [0.05, 0.1) is 5.60 Å². The van der Waals surface area contributed by atoms with Crippen LogP contribution in [-0.2, 0) is 6.54 Å². The highest BCUT2D eigenvalue weighted by Gasteiger charge is 2.47. The van der Waals surface area contributed by atoms with Crippen molar-refractivity contribution in [1.82, 2.24) is 4.90 Å². The molecule has 0 aromatic heterocycles. The maximum Gasteiger partial charge on any atom is 0.248 e. The fraction of sp³-hybridized carbons (Fsp3) is 0.533. The van der Waals surface area contributed by atoms with Crippen LogP contribution >= 0.6 is 0 Å². The number of carbonyl (C=O) groups is 1. The van der Waals surface area contributed by atoms with Gasteiger partial charge in [0.1, 0.15) is 0 Å². The van der Waals surface area contributed by atoms with Crippen LogP contribution in [0, 0.1) is 5.41 Å². The lowest BCUT2D eigenvalue weighted by molar-refractivity contribution is -0.0111. The lowest BCUT2D eigenvalue weighted by atomic mass is 9.79. The topological polar surface area (TPSA) is 66.6 Å². The monoisotopic (exact) mass is 262 g/mol. The molecule has 1 amide bonds. The van der Waals surface area contributed by atoms with Crippen LogP contribution in [0.3, 0.4) is 0 Å². The second kappa shape index (κ2) is 4.62. The number of hydrogen-bond acceptors (Lipinski definition) is 3. The zero-order chi connectivity index (χ0) is 14.3. The number of carbonyl (C=O) groups excluding carboxylic acids is 1. The lowest BCUT2D eigenvalue weighted by Gasteiger charge is -2.31. The van der Waals surface area contributed by atoms with Gasteiger partial charge in [0.15, 0.2) is 0 Å². The summed E-state index contributed by atoms with van der Waals surface area (Å²) in [5.74, 6) is -0.406. The Morgan fingerprint density at radius 3 is 2.26 bits per heavy atom. The van der Waals surface area contributed by atoms with Crippen molar-refractivity contribution < 1.29 is 9.90 Å². The number of aliphatic hydroxyl groups is 1. The average molecular weight is 262 g/mol. The maximum atomic E-state index is 11.0. The first-order valence-electron chi connectivity index (χ1n) is 6.55. The van der Waals surface area contributed by atoms with E-state index in [1.54, 1.807) is 12.1 Å². The Morgan fingerprint density at radius 1 is 1.26 bits per heavy atom. The molecule has 1 saturated heterocycles. The zero-order valence-electron chi connectivity index (χ0n) is 11.8. The standard InChI is InChI=1S/C15H22N2O2/c1-14(2)9-17(10-15(14,3)19)8-11-4-6-12(7-5-11)13(16)18/h4-7,19H,8-10H2,1-3H3,(H2,16,18)/t15-/m1/s1. The molecule has 1 heterocycles. The normalized spacial score (nSPS) is 26.5. The molecule has 4 nitrogen and oxygen atoms in total. The van der Waals surface area contributed by atoms with E-state index in [2.05, 4.69) is 18.7 Å². The van der Waals surface area contributed by atoms with E-state index >= 15 is 0 Å². The van der Waals surface area contributed by atoms with Crippen LogP contribution in [0.1, 0.15) is 36.7 Å². The minimum absolute atomic E-state index is 0.111. The van der Waals surface area contributed by atoms with E-state index in [4.69, 9.17) is 5.73 Å². The van der Waals surface area contributed by atoms with Crippen LogP contribution in [0.4, 0.5) is 0 Å². The molecule has 0 bridgehead atoms. The maximum absolute atomic E-state index is 11.0. The fourth-order valence-corrected chi connectivity index (χ4v) is 2.58. The molecule has 0 unspecified atom stereocenters. The van der Waals surface area contributed by atoms with Gasteiger partial charge in [0.25, 0.3) is 0 Å². The Bertz CT molecular complexity index is 461. The molecule has 0 saturated carbocycles. The third kappa shape index (κ3) is 2.80. The predicted molar refractivity (Wildman–Crippen MR) is 74.6 cm³/mol. The van der Waals surface area contributed by atoms with Crippen molar-refractivity contribution in [2.24, 2.45) is 11.1 Å². The largest absolute Gasteiger partial charge is 0.388 e. The number of benzene rings is 1. The molecule has 0 radical (unpaired) electrons. The summed E-state index contributed by atoms with van der Waals surface area (Å²) in [4.78, 5) is 13.2. The van der Waals surface area contributed by atoms with E-state index in [1.807, 2.05) is 19.1 Å². The van der Waals surface area contributed by atoms with Crippen LogP contribution in [0.15, 0.2) is 24.3 Å². The molecule has 1 aliphatic heterocycles. The van der Waals surface area contributed by atoms with Crippen LogP contribution < -0.4 is 5.73 Å². The molecule has 19 heavy (non-hydrogen) atoms. The molecule has 104 valence electrons. The van der Waals surface area contributed by atoms with Crippen molar-refractivity contribution in [3.8, 4) is 0 Å². The summed E-state index contributed by atoms with van der Waals surface area (Å²) < 4.78 is 0. The molecular formula is C15H22N2O2. The van der Waals surface area contributed by atoms with Crippen LogP contribution in [0.2, 0.25) is 0 Å².